The molecule has 1 saturated carbocycles. The summed E-state index contributed by atoms with van der Waals surface area (Å²) in [6.07, 6.45) is 2.95. The number of rotatable bonds is 7. The van der Waals surface area contributed by atoms with Crippen molar-refractivity contribution in [3.63, 3.8) is 0 Å². The number of ether oxygens (including phenoxy) is 2. The Morgan fingerprint density at radius 1 is 1.04 bits per heavy atom. The lowest BCUT2D eigenvalue weighted by Gasteiger charge is -2.28. The molecule has 0 unspecified atom stereocenters. The summed E-state index contributed by atoms with van der Waals surface area (Å²) in [5.41, 5.74) is 1.75. The zero-order valence-corrected chi connectivity index (χ0v) is 17.3. The molecule has 1 heterocycles. The Hall–Kier alpha value is -2.19. The number of aromatic nitrogens is 2. The van der Waals surface area contributed by atoms with Crippen molar-refractivity contribution in [1.29, 1.82) is 0 Å². The lowest BCUT2D eigenvalue weighted by atomic mass is 9.94. The number of nitrogens with zero attached hydrogens (tertiary/aromatic N) is 2. The first-order valence-corrected chi connectivity index (χ1v) is 11.1. The number of benzene rings is 1. The monoisotopic (exact) mass is 405 g/mol. The number of hydrogen-bond donors (Lipinski definition) is 1. The molecule has 8 heteroatoms. The minimum Gasteiger partial charge on any atom is -0.494 e. The van der Waals surface area contributed by atoms with Crippen LogP contribution in [-0.4, -0.2) is 37.1 Å². The minimum absolute atomic E-state index is 0.00688. The van der Waals surface area contributed by atoms with E-state index in [1.54, 1.807) is 24.3 Å². The molecular formula is C20H27N3O4S. The molecule has 1 aliphatic rings. The van der Waals surface area contributed by atoms with Crippen molar-refractivity contribution in [3.8, 4) is 11.8 Å². The van der Waals surface area contributed by atoms with E-state index in [0.29, 0.717) is 31.2 Å². The molecule has 1 N–H and O–H groups in total. The first-order valence-electron chi connectivity index (χ1n) is 9.60. The van der Waals surface area contributed by atoms with E-state index < -0.39 is 10.0 Å². The maximum absolute atomic E-state index is 12.6. The molecule has 2 aromatic rings. The topological polar surface area (TPSA) is 90.4 Å². The summed E-state index contributed by atoms with van der Waals surface area (Å²) in [6.45, 7) is 6.25. The van der Waals surface area contributed by atoms with Gasteiger partial charge in [-0.1, -0.05) is 0 Å². The first kappa shape index (κ1) is 20.5. The van der Waals surface area contributed by atoms with Crippen molar-refractivity contribution in [3.05, 3.63) is 41.7 Å². The molecule has 0 saturated heterocycles. The summed E-state index contributed by atoms with van der Waals surface area (Å²) >= 11 is 0. The highest BCUT2D eigenvalue weighted by Gasteiger charge is 2.27. The summed E-state index contributed by atoms with van der Waals surface area (Å²) in [6, 6.07) is 8.69. The molecule has 0 amide bonds. The Bertz CT molecular complexity index is 872. The zero-order chi connectivity index (χ0) is 20.1. The SMILES string of the molecule is CCOc1ccc(S(=O)(=O)NC2CCC(Oc3nc(C)cc(C)n3)CC2)cc1. The predicted octanol–water partition coefficient (Wildman–Crippen LogP) is 3.16. The summed E-state index contributed by atoms with van der Waals surface area (Å²) in [5.74, 6) is 0.660. The van der Waals surface area contributed by atoms with Crippen LogP contribution in [0.4, 0.5) is 0 Å². The minimum atomic E-state index is -3.55. The van der Waals surface area contributed by atoms with Crippen molar-refractivity contribution in [2.45, 2.75) is 63.5 Å². The second kappa shape index (κ2) is 8.87. The van der Waals surface area contributed by atoms with E-state index in [2.05, 4.69) is 14.7 Å². The maximum atomic E-state index is 12.6. The number of hydrogen-bond acceptors (Lipinski definition) is 6. The van der Waals surface area contributed by atoms with Crippen molar-refractivity contribution in [2.24, 2.45) is 0 Å². The summed E-state index contributed by atoms with van der Waals surface area (Å²) in [4.78, 5) is 8.87. The Labute approximate surface area is 166 Å². The molecule has 0 radical (unpaired) electrons. The maximum Gasteiger partial charge on any atom is 0.317 e. The van der Waals surface area contributed by atoms with E-state index in [4.69, 9.17) is 9.47 Å². The molecule has 7 nitrogen and oxygen atoms in total. The summed E-state index contributed by atoms with van der Waals surface area (Å²) in [7, 11) is -3.55. The lowest BCUT2D eigenvalue weighted by molar-refractivity contribution is 0.131. The van der Waals surface area contributed by atoms with Crippen molar-refractivity contribution in [2.75, 3.05) is 6.61 Å². The third kappa shape index (κ3) is 5.42. The van der Waals surface area contributed by atoms with Gasteiger partial charge in [0.15, 0.2) is 0 Å². The molecule has 3 rings (SSSR count). The fraction of sp³-hybridized carbons (Fsp3) is 0.500. The molecular weight excluding hydrogens is 378 g/mol. The fourth-order valence-corrected chi connectivity index (χ4v) is 4.67. The highest BCUT2D eigenvalue weighted by molar-refractivity contribution is 7.89. The van der Waals surface area contributed by atoms with Gasteiger partial charge in [-0.2, -0.15) is 0 Å². The number of aryl methyl sites for hydroxylation is 2. The van der Waals surface area contributed by atoms with E-state index >= 15 is 0 Å². The van der Waals surface area contributed by atoms with Crippen LogP contribution in [0.3, 0.4) is 0 Å². The second-order valence-corrected chi connectivity index (χ2v) is 8.76. The standard InChI is InChI=1S/C20H27N3O4S/c1-4-26-17-9-11-19(12-10-17)28(24,25)23-16-5-7-18(8-6-16)27-20-21-14(2)13-15(3)22-20/h9-13,16,18,23H,4-8H2,1-3H3. The molecule has 1 aromatic carbocycles. The van der Waals surface area contributed by atoms with Gasteiger partial charge in [0.25, 0.3) is 0 Å². The Morgan fingerprint density at radius 3 is 2.21 bits per heavy atom. The Balaban J connectivity index is 1.54. The normalized spacial score (nSPS) is 20.0. The molecule has 0 atom stereocenters. The van der Waals surface area contributed by atoms with Gasteiger partial charge >= 0.3 is 6.01 Å². The molecule has 28 heavy (non-hydrogen) atoms. The van der Waals surface area contributed by atoms with Gasteiger partial charge in [-0.05, 0) is 76.8 Å². The molecule has 0 spiro atoms. The molecule has 152 valence electrons. The number of sulfonamides is 1. The van der Waals surface area contributed by atoms with Crippen LogP contribution in [0.5, 0.6) is 11.8 Å². The predicted molar refractivity (Wildman–Crippen MR) is 106 cm³/mol. The van der Waals surface area contributed by atoms with Gasteiger partial charge < -0.3 is 9.47 Å². The van der Waals surface area contributed by atoms with Crippen molar-refractivity contribution < 1.29 is 17.9 Å². The number of nitrogens with one attached hydrogen (secondary N) is 1. The molecule has 0 bridgehead atoms. The van der Waals surface area contributed by atoms with Gasteiger partial charge in [0.1, 0.15) is 11.9 Å². The van der Waals surface area contributed by atoms with Crippen LogP contribution in [0.25, 0.3) is 0 Å². The summed E-state index contributed by atoms with van der Waals surface area (Å²) in [5, 5.41) is 0. The smallest absolute Gasteiger partial charge is 0.317 e. The van der Waals surface area contributed by atoms with Crippen LogP contribution in [0.15, 0.2) is 35.2 Å². The first-order chi connectivity index (χ1) is 13.4. The molecule has 1 aromatic heterocycles. The van der Waals surface area contributed by atoms with Crippen LogP contribution in [0.2, 0.25) is 0 Å². The fourth-order valence-electron chi connectivity index (χ4n) is 3.36. The van der Waals surface area contributed by atoms with Crippen molar-refractivity contribution in [1.82, 2.24) is 14.7 Å². The average molecular weight is 406 g/mol. The molecule has 1 aliphatic carbocycles. The van der Waals surface area contributed by atoms with Gasteiger partial charge in [-0.3, -0.25) is 0 Å². The van der Waals surface area contributed by atoms with Gasteiger partial charge in [-0.25, -0.2) is 23.1 Å². The van der Waals surface area contributed by atoms with Crippen LogP contribution in [0, 0.1) is 13.8 Å². The summed E-state index contributed by atoms with van der Waals surface area (Å²) < 4.78 is 39.3. The quantitative estimate of drug-likeness (QED) is 0.761. The third-order valence-corrected chi connectivity index (χ3v) is 6.21. The third-order valence-electron chi connectivity index (χ3n) is 4.67. The van der Waals surface area contributed by atoms with E-state index in [1.807, 2.05) is 26.8 Å². The van der Waals surface area contributed by atoms with Crippen LogP contribution in [0.1, 0.15) is 44.0 Å². The van der Waals surface area contributed by atoms with Gasteiger partial charge in [0.2, 0.25) is 10.0 Å². The van der Waals surface area contributed by atoms with E-state index in [1.165, 1.54) is 0 Å². The van der Waals surface area contributed by atoms with Crippen molar-refractivity contribution >= 4 is 10.0 Å². The van der Waals surface area contributed by atoms with Gasteiger partial charge in [0, 0.05) is 17.4 Å². The van der Waals surface area contributed by atoms with Gasteiger partial charge in [0.05, 0.1) is 11.5 Å². The Morgan fingerprint density at radius 2 is 1.64 bits per heavy atom. The highest BCUT2D eigenvalue weighted by atomic mass is 32.2. The highest BCUT2D eigenvalue weighted by Crippen LogP contribution is 2.24. The van der Waals surface area contributed by atoms with E-state index in [-0.39, 0.29) is 17.0 Å². The Kier molecular flexibility index (Phi) is 6.51. The lowest BCUT2D eigenvalue weighted by Crippen LogP contribution is -2.39. The average Bonchev–Trinajstić information content (AvgIpc) is 2.63. The van der Waals surface area contributed by atoms with Crippen LogP contribution >= 0.6 is 0 Å². The van der Waals surface area contributed by atoms with Gasteiger partial charge in [-0.15, -0.1) is 0 Å². The van der Waals surface area contributed by atoms with Crippen LogP contribution in [-0.2, 0) is 10.0 Å². The molecule has 0 aliphatic heterocycles. The second-order valence-electron chi connectivity index (χ2n) is 7.05. The molecule has 1 fully saturated rings. The van der Waals surface area contributed by atoms with Crippen LogP contribution < -0.4 is 14.2 Å². The van der Waals surface area contributed by atoms with E-state index in [9.17, 15) is 8.42 Å². The largest absolute Gasteiger partial charge is 0.494 e. The van der Waals surface area contributed by atoms with E-state index in [0.717, 1.165) is 24.2 Å². The zero-order valence-electron chi connectivity index (χ0n) is 16.5.